The molecule has 2 fully saturated rings. The summed E-state index contributed by atoms with van der Waals surface area (Å²) in [5, 5.41) is 9.71. The van der Waals surface area contributed by atoms with Gasteiger partial charge in [0.15, 0.2) is 6.29 Å². The van der Waals surface area contributed by atoms with Gasteiger partial charge < -0.3 is 19.3 Å². The smallest absolute Gasteiger partial charge is 0.184 e. The molecule has 0 aromatic heterocycles. The van der Waals surface area contributed by atoms with E-state index in [1.54, 1.807) is 0 Å². The van der Waals surface area contributed by atoms with Crippen LogP contribution in [0.25, 0.3) is 0 Å². The van der Waals surface area contributed by atoms with Crippen LogP contribution in [-0.2, 0) is 14.2 Å². The third-order valence-electron chi connectivity index (χ3n) is 2.88. The summed E-state index contributed by atoms with van der Waals surface area (Å²) in [5.74, 6) is 0. The van der Waals surface area contributed by atoms with Crippen LogP contribution in [0.4, 0.5) is 0 Å². The summed E-state index contributed by atoms with van der Waals surface area (Å²) in [6, 6.07) is 9.73. The van der Waals surface area contributed by atoms with E-state index < -0.39 is 12.4 Å². The Kier molecular flexibility index (Phi) is 2.65. The van der Waals surface area contributed by atoms with Gasteiger partial charge in [0.1, 0.15) is 18.3 Å². The highest BCUT2D eigenvalue weighted by atomic mass is 16.7. The van der Waals surface area contributed by atoms with Crippen LogP contribution in [0.5, 0.6) is 0 Å². The summed E-state index contributed by atoms with van der Waals surface area (Å²) in [6.45, 7) is 0.966. The first-order chi connectivity index (χ1) is 7.84. The van der Waals surface area contributed by atoms with Gasteiger partial charge in [-0.25, -0.2) is 0 Å². The third-order valence-corrected chi connectivity index (χ3v) is 2.88. The molecular weight excluding hydrogens is 208 g/mol. The van der Waals surface area contributed by atoms with E-state index in [-0.39, 0.29) is 12.2 Å². The largest absolute Gasteiger partial charge is 0.388 e. The highest BCUT2D eigenvalue weighted by Crippen LogP contribution is 2.31. The first kappa shape index (κ1) is 10.2. The van der Waals surface area contributed by atoms with Gasteiger partial charge in [-0.3, -0.25) is 0 Å². The number of benzene rings is 1. The Hall–Kier alpha value is -0.940. The predicted octanol–water partition coefficient (Wildman–Crippen LogP) is 0.860. The second-order valence-electron chi connectivity index (χ2n) is 4.12. The van der Waals surface area contributed by atoms with E-state index in [2.05, 4.69) is 0 Å². The van der Waals surface area contributed by atoms with E-state index in [0.717, 1.165) is 5.56 Å². The van der Waals surface area contributed by atoms with Crippen LogP contribution in [-0.4, -0.2) is 36.6 Å². The first-order valence-electron chi connectivity index (χ1n) is 5.46. The molecule has 3 unspecified atom stereocenters. The van der Waals surface area contributed by atoms with Crippen molar-refractivity contribution in [1.29, 1.82) is 0 Å². The van der Waals surface area contributed by atoms with Crippen LogP contribution in [0.1, 0.15) is 11.9 Å². The summed E-state index contributed by atoms with van der Waals surface area (Å²) in [7, 11) is 0. The molecular formula is C12H14O4. The SMILES string of the molecule is OC1COC(c2ccccc2)OC1[C@@H]1CO1. The summed E-state index contributed by atoms with van der Waals surface area (Å²) in [4.78, 5) is 0. The molecule has 2 aliphatic rings. The van der Waals surface area contributed by atoms with Gasteiger partial charge in [-0.1, -0.05) is 30.3 Å². The van der Waals surface area contributed by atoms with Gasteiger partial charge in [0.2, 0.25) is 0 Å². The lowest BCUT2D eigenvalue weighted by molar-refractivity contribution is -0.260. The molecule has 0 bridgehead atoms. The van der Waals surface area contributed by atoms with Crippen LogP contribution >= 0.6 is 0 Å². The fourth-order valence-corrected chi connectivity index (χ4v) is 1.92. The zero-order valence-corrected chi connectivity index (χ0v) is 8.78. The lowest BCUT2D eigenvalue weighted by atomic mass is 10.1. The summed E-state index contributed by atoms with van der Waals surface area (Å²) in [5.41, 5.74) is 0.972. The maximum Gasteiger partial charge on any atom is 0.184 e. The quantitative estimate of drug-likeness (QED) is 0.754. The lowest BCUT2D eigenvalue weighted by Gasteiger charge is -2.33. The second-order valence-corrected chi connectivity index (χ2v) is 4.12. The molecule has 0 aliphatic carbocycles. The summed E-state index contributed by atoms with van der Waals surface area (Å²) >= 11 is 0. The molecule has 4 heteroatoms. The minimum atomic E-state index is -0.590. The predicted molar refractivity (Wildman–Crippen MR) is 55.8 cm³/mol. The molecule has 0 spiro atoms. The van der Waals surface area contributed by atoms with Crippen molar-refractivity contribution in [2.75, 3.05) is 13.2 Å². The number of epoxide rings is 1. The fourth-order valence-electron chi connectivity index (χ4n) is 1.92. The number of hydrogen-bond acceptors (Lipinski definition) is 4. The van der Waals surface area contributed by atoms with Crippen molar-refractivity contribution in [3.8, 4) is 0 Å². The molecule has 0 amide bonds. The molecule has 2 aliphatic heterocycles. The van der Waals surface area contributed by atoms with Gasteiger partial charge >= 0.3 is 0 Å². The maximum atomic E-state index is 9.71. The molecule has 1 aromatic carbocycles. The van der Waals surface area contributed by atoms with Crippen LogP contribution in [0, 0.1) is 0 Å². The Morgan fingerprint density at radius 2 is 1.81 bits per heavy atom. The Morgan fingerprint density at radius 3 is 2.50 bits per heavy atom. The Morgan fingerprint density at radius 1 is 1.06 bits per heavy atom. The van der Waals surface area contributed by atoms with Crippen LogP contribution < -0.4 is 0 Å². The highest BCUT2D eigenvalue weighted by Gasteiger charge is 2.43. The van der Waals surface area contributed by atoms with Crippen LogP contribution in [0.15, 0.2) is 30.3 Å². The third kappa shape index (κ3) is 1.97. The number of rotatable bonds is 2. The minimum absolute atomic E-state index is 0.0325. The van der Waals surface area contributed by atoms with Gasteiger partial charge in [0.05, 0.1) is 13.2 Å². The molecule has 3 rings (SSSR count). The van der Waals surface area contributed by atoms with Crippen LogP contribution in [0.2, 0.25) is 0 Å². The van der Waals surface area contributed by atoms with Crippen molar-refractivity contribution in [3.63, 3.8) is 0 Å². The summed E-state index contributed by atoms with van der Waals surface area (Å²) in [6.07, 6.45) is -1.21. The Labute approximate surface area is 93.7 Å². The molecule has 16 heavy (non-hydrogen) atoms. The standard InChI is InChI=1S/C12H14O4/c13-9-6-15-12(8-4-2-1-3-5-8)16-11(9)10-7-14-10/h1-5,9-13H,6-7H2/t9?,10-,11?,12?/m0/s1. The van der Waals surface area contributed by atoms with E-state index in [1.807, 2.05) is 30.3 Å². The van der Waals surface area contributed by atoms with Crippen molar-refractivity contribution in [1.82, 2.24) is 0 Å². The molecule has 2 heterocycles. The topological polar surface area (TPSA) is 51.2 Å². The number of aliphatic hydroxyl groups is 1. The Bertz CT molecular complexity index is 349. The zero-order valence-electron chi connectivity index (χ0n) is 8.78. The van der Waals surface area contributed by atoms with Crippen molar-refractivity contribution >= 4 is 0 Å². The minimum Gasteiger partial charge on any atom is -0.388 e. The van der Waals surface area contributed by atoms with E-state index in [0.29, 0.717) is 13.2 Å². The molecule has 4 atom stereocenters. The van der Waals surface area contributed by atoms with Gasteiger partial charge in [-0.2, -0.15) is 0 Å². The van der Waals surface area contributed by atoms with Gasteiger partial charge in [-0.15, -0.1) is 0 Å². The number of hydrogen-bond donors (Lipinski definition) is 1. The zero-order chi connectivity index (χ0) is 11.0. The van der Waals surface area contributed by atoms with Crippen molar-refractivity contribution in [2.45, 2.75) is 24.6 Å². The fraction of sp³-hybridized carbons (Fsp3) is 0.500. The van der Waals surface area contributed by atoms with Gasteiger partial charge in [0.25, 0.3) is 0 Å². The van der Waals surface area contributed by atoms with Gasteiger partial charge in [0, 0.05) is 5.56 Å². The van der Waals surface area contributed by atoms with E-state index in [9.17, 15) is 5.11 Å². The number of aliphatic hydroxyl groups excluding tert-OH is 1. The number of ether oxygens (including phenoxy) is 3. The molecule has 1 aromatic rings. The highest BCUT2D eigenvalue weighted by molar-refractivity contribution is 5.16. The monoisotopic (exact) mass is 222 g/mol. The maximum absolute atomic E-state index is 9.71. The molecule has 4 nitrogen and oxygen atoms in total. The average Bonchev–Trinajstić information content (AvgIpc) is 3.15. The lowest BCUT2D eigenvalue weighted by Crippen LogP contribution is -2.43. The molecule has 86 valence electrons. The molecule has 2 saturated heterocycles. The molecule has 1 N–H and O–H groups in total. The molecule has 0 radical (unpaired) electrons. The van der Waals surface area contributed by atoms with Crippen molar-refractivity contribution in [3.05, 3.63) is 35.9 Å². The first-order valence-corrected chi connectivity index (χ1v) is 5.46. The normalized spacial score (nSPS) is 38.3. The van der Waals surface area contributed by atoms with Crippen molar-refractivity contribution in [2.24, 2.45) is 0 Å². The van der Waals surface area contributed by atoms with E-state index >= 15 is 0 Å². The average molecular weight is 222 g/mol. The molecule has 0 saturated carbocycles. The second kappa shape index (κ2) is 4.14. The van der Waals surface area contributed by atoms with E-state index in [4.69, 9.17) is 14.2 Å². The van der Waals surface area contributed by atoms with Crippen molar-refractivity contribution < 1.29 is 19.3 Å². The summed E-state index contributed by atoms with van der Waals surface area (Å²) < 4.78 is 16.3. The van der Waals surface area contributed by atoms with Gasteiger partial charge in [-0.05, 0) is 0 Å². The Balaban J connectivity index is 1.73. The van der Waals surface area contributed by atoms with Crippen LogP contribution in [0.3, 0.4) is 0 Å². The van der Waals surface area contributed by atoms with E-state index in [1.165, 1.54) is 0 Å².